The van der Waals surface area contributed by atoms with Gasteiger partial charge in [-0.15, -0.1) is 0 Å². The van der Waals surface area contributed by atoms with Crippen LogP contribution in [0, 0.1) is 5.92 Å². The highest BCUT2D eigenvalue weighted by Crippen LogP contribution is 2.23. The molecule has 0 bridgehead atoms. The Morgan fingerprint density at radius 2 is 1.51 bits per heavy atom. The van der Waals surface area contributed by atoms with E-state index in [2.05, 4.69) is 19.2 Å². The molecule has 2 amide bonds. The number of hydrogen-bond acceptors (Lipinski definition) is 5. The van der Waals surface area contributed by atoms with Gasteiger partial charge in [0.15, 0.2) is 6.10 Å². The lowest BCUT2D eigenvalue weighted by Gasteiger charge is -2.24. The van der Waals surface area contributed by atoms with Gasteiger partial charge in [0.05, 0.1) is 6.54 Å². The second-order valence-electron chi connectivity index (χ2n) is 9.52. The molecule has 0 aliphatic rings. The SMILES string of the molecule is CCOC(Cc1ccc(OCCN(CCC(C)C)C(=O)Nc2ccc(Oc3ccccc3)cc2)cc1)C(=O)O. The number of benzene rings is 3. The Bertz CT molecular complexity index is 1150. The maximum absolute atomic E-state index is 13.1. The number of rotatable bonds is 15. The highest BCUT2D eigenvalue weighted by Gasteiger charge is 2.18. The number of carbonyl (C=O) groups is 2. The van der Waals surface area contributed by atoms with Crippen LogP contribution in [0.3, 0.4) is 0 Å². The number of para-hydroxylation sites is 1. The minimum absolute atomic E-state index is 0.193. The second kappa shape index (κ2) is 15.4. The fraction of sp³-hybridized carbons (Fsp3) is 0.355. The van der Waals surface area contributed by atoms with Crippen LogP contribution in [0.4, 0.5) is 10.5 Å². The molecule has 0 heterocycles. The first-order chi connectivity index (χ1) is 18.8. The number of amides is 2. The third-order valence-electron chi connectivity index (χ3n) is 5.97. The van der Waals surface area contributed by atoms with E-state index in [0.717, 1.165) is 17.7 Å². The Morgan fingerprint density at radius 1 is 0.872 bits per heavy atom. The summed E-state index contributed by atoms with van der Waals surface area (Å²) in [5.74, 6) is 1.56. The summed E-state index contributed by atoms with van der Waals surface area (Å²) in [6.07, 6.45) is 0.282. The van der Waals surface area contributed by atoms with Crippen molar-refractivity contribution in [2.24, 2.45) is 5.92 Å². The summed E-state index contributed by atoms with van der Waals surface area (Å²) in [6, 6.07) is 23.9. The summed E-state index contributed by atoms with van der Waals surface area (Å²) in [7, 11) is 0. The summed E-state index contributed by atoms with van der Waals surface area (Å²) >= 11 is 0. The predicted octanol–water partition coefficient (Wildman–Crippen LogP) is 6.47. The molecule has 39 heavy (non-hydrogen) atoms. The average molecular weight is 535 g/mol. The molecule has 8 heteroatoms. The van der Waals surface area contributed by atoms with Crippen LogP contribution in [-0.4, -0.2) is 54.4 Å². The highest BCUT2D eigenvalue weighted by atomic mass is 16.5. The van der Waals surface area contributed by atoms with Gasteiger partial charge in [-0.1, -0.05) is 44.2 Å². The first-order valence-corrected chi connectivity index (χ1v) is 13.3. The van der Waals surface area contributed by atoms with Crippen LogP contribution in [-0.2, 0) is 16.0 Å². The van der Waals surface area contributed by atoms with Gasteiger partial charge in [-0.05, 0) is 73.4 Å². The molecule has 1 unspecified atom stereocenters. The van der Waals surface area contributed by atoms with E-state index >= 15 is 0 Å². The standard InChI is InChI=1S/C31H38N2O6/c1-4-37-29(30(34)35)22-24-10-14-26(15-11-24)38-21-20-33(19-18-23(2)3)31(36)32-25-12-16-28(17-13-25)39-27-8-6-5-7-9-27/h5-17,23,29H,4,18-22H2,1-3H3,(H,32,36)(H,34,35). The third kappa shape index (κ3) is 10.3. The molecule has 0 aromatic heterocycles. The van der Waals surface area contributed by atoms with Crippen LogP contribution in [0.25, 0.3) is 0 Å². The molecule has 0 fully saturated rings. The van der Waals surface area contributed by atoms with Crippen LogP contribution in [0.2, 0.25) is 0 Å². The Balaban J connectivity index is 1.52. The summed E-state index contributed by atoms with van der Waals surface area (Å²) in [5.41, 5.74) is 1.53. The van der Waals surface area contributed by atoms with Gasteiger partial charge < -0.3 is 29.5 Å². The van der Waals surface area contributed by atoms with Gasteiger partial charge in [0.2, 0.25) is 0 Å². The number of carbonyl (C=O) groups excluding carboxylic acids is 1. The van der Waals surface area contributed by atoms with E-state index in [1.165, 1.54) is 0 Å². The monoisotopic (exact) mass is 534 g/mol. The maximum Gasteiger partial charge on any atom is 0.333 e. The van der Waals surface area contributed by atoms with Crippen LogP contribution < -0.4 is 14.8 Å². The lowest BCUT2D eigenvalue weighted by molar-refractivity contribution is -0.149. The van der Waals surface area contributed by atoms with Crippen molar-refractivity contribution < 1.29 is 28.9 Å². The van der Waals surface area contributed by atoms with E-state index in [4.69, 9.17) is 14.2 Å². The van der Waals surface area contributed by atoms with Crippen LogP contribution >= 0.6 is 0 Å². The molecule has 0 radical (unpaired) electrons. The predicted molar refractivity (Wildman–Crippen MR) is 152 cm³/mol. The van der Waals surface area contributed by atoms with Crippen molar-refractivity contribution in [2.45, 2.75) is 39.7 Å². The van der Waals surface area contributed by atoms with Gasteiger partial charge in [-0.25, -0.2) is 9.59 Å². The van der Waals surface area contributed by atoms with Crippen molar-refractivity contribution in [3.63, 3.8) is 0 Å². The first kappa shape index (κ1) is 29.5. The van der Waals surface area contributed by atoms with Crippen molar-refractivity contribution in [3.05, 3.63) is 84.4 Å². The zero-order chi connectivity index (χ0) is 28.0. The molecule has 0 saturated carbocycles. The number of aliphatic carboxylic acids is 1. The maximum atomic E-state index is 13.1. The molecule has 0 aliphatic carbocycles. The molecule has 0 spiro atoms. The quantitative estimate of drug-likeness (QED) is 0.232. The van der Waals surface area contributed by atoms with E-state index in [0.29, 0.717) is 49.4 Å². The number of urea groups is 1. The number of carboxylic acid groups (broad SMARTS) is 1. The molecule has 2 N–H and O–H groups in total. The van der Waals surface area contributed by atoms with Gasteiger partial charge in [-0.3, -0.25) is 0 Å². The number of nitrogens with zero attached hydrogens (tertiary/aromatic N) is 1. The summed E-state index contributed by atoms with van der Waals surface area (Å²) in [5, 5.41) is 12.2. The summed E-state index contributed by atoms with van der Waals surface area (Å²) in [6.45, 7) is 7.71. The topological polar surface area (TPSA) is 97.3 Å². The molecule has 8 nitrogen and oxygen atoms in total. The Labute approximate surface area is 230 Å². The molecular formula is C31H38N2O6. The Hall–Kier alpha value is -4.04. The van der Waals surface area contributed by atoms with Crippen molar-refractivity contribution >= 4 is 17.7 Å². The number of carboxylic acids is 1. The smallest absolute Gasteiger partial charge is 0.333 e. The van der Waals surface area contributed by atoms with Crippen LogP contribution in [0.5, 0.6) is 17.2 Å². The first-order valence-electron chi connectivity index (χ1n) is 13.3. The minimum Gasteiger partial charge on any atom is -0.492 e. The molecule has 3 rings (SSSR count). The Kier molecular flexibility index (Phi) is 11.6. The zero-order valence-electron chi connectivity index (χ0n) is 22.8. The molecule has 1 atom stereocenters. The normalized spacial score (nSPS) is 11.6. The number of nitrogens with one attached hydrogen (secondary N) is 1. The molecule has 3 aromatic rings. The van der Waals surface area contributed by atoms with Crippen molar-refractivity contribution in [2.75, 3.05) is 31.6 Å². The van der Waals surface area contributed by atoms with Gasteiger partial charge >= 0.3 is 12.0 Å². The number of hydrogen-bond donors (Lipinski definition) is 2. The summed E-state index contributed by atoms with van der Waals surface area (Å²) < 4.78 is 17.0. The molecule has 0 aliphatic heterocycles. The van der Waals surface area contributed by atoms with E-state index in [-0.39, 0.29) is 12.5 Å². The molecule has 0 saturated heterocycles. The molecule has 3 aromatic carbocycles. The lowest BCUT2D eigenvalue weighted by atomic mass is 10.1. The van der Waals surface area contributed by atoms with Crippen molar-refractivity contribution in [1.82, 2.24) is 4.90 Å². The van der Waals surface area contributed by atoms with E-state index in [9.17, 15) is 14.7 Å². The van der Waals surface area contributed by atoms with E-state index in [1.54, 1.807) is 24.0 Å². The van der Waals surface area contributed by atoms with Crippen LogP contribution in [0.15, 0.2) is 78.9 Å². The van der Waals surface area contributed by atoms with Gasteiger partial charge in [0, 0.05) is 25.3 Å². The van der Waals surface area contributed by atoms with Crippen molar-refractivity contribution in [1.29, 1.82) is 0 Å². The molecule has 208 valence electrons. The van der Waals surface area contributed by atoms with Crippen molar-refractivity contribution in [3.8, 4) is 17.2 Å². The van der Waals surface area contributed by atoms with Gasteiger partial charge in [0.1, 0.15) is 23.9 Å². The molecular weight excluding hydrogens is 496 g/mol. The van der Waals surface area contributed by atoms with E-state index in [1.807, 2.05) is 66.7 Å². The zero-order valence-corrected chi connectivity index (χ0v) is 22.8. The van der Waals surface area contributed by atoms with Gasteiger partial charge in [0.25, 0.3) is 0 Å². The number of anilines is 1. The van der Waals surface area contributed by atoms with Gasteiger partial charge in [-0.2, -0.15) is 0 Å². The largest absolute Gasteiger partial charge is 0.492 e. The average Bonchev–Trinajstić information content (AvgIpc) is 2.92. The summed E-state index contributed by atoms with van der Waals surface area (Å²) in [4.78, 5) is 26.1. The fourth-order valence-corrected chi connectivity index (χ4v) is 3.79. The lowest BCUT2D eigenvalue weighted by Crippen LogP contribution is -2.39. The number of ether oxygens (including phenoxy) is 3. The van der Waals surface area contributed by atoms with Crippen LogP contribution in [0.1, 0.15) is 32.8 Å². The minimum atomic E-state index is -0.978. The second-order valence-corrected chi connectivity index (χ2v) is 9.52. The fourth-order valence-electron chi connectivity index (χ4n) is 3.79. The Morgan fingerprint density at radius 3 is 2.13 bits per heavy atom. The highest BCUT2D eigenvalue weighted by molar-refractivity contribution is 5.89. The third-order valence-corrected chi connectivity index (χ3v) is 5.97. The van der Waals surface area contributed by atoms with E-state index < -0.39 is 12.1 Å².